The number of nitrogens with zero attached hydrogens (tertiary/aromatic N) is 4. The molecule has 8 heteroatoms. The third-order valence-electron chi connectivity index (χ3n) is 6.87. The van der Waals surface area contributed by atoms with Gasteiger partial charge in [-0.15, -0.1) is 0 Å². The van der Waals surface area contributed by atoms with Crippen LogP contribution >= 0.6 is 24.0 Å². The van der Waals surface area contributed by atoms with Gasteiger partial charge in [0.05, 0.1) is 4.91 Å². The number of rotatable bonds is 10. The third-order valence-corrected chi connectivity index (χ3v) is 8.25. The molecule has 1 aromatic heterocycles. The third kappa shape index (κ3) is 6.37. The summed E-state index contributed by atoms with van der Waals surface area (Å²) >= 11 is 6.89. The fourth-order valence-electron chi connectivity index (χ4n) is 4.81. The number of hydrogen-bond donors (Lipinski definition) is 0. The standard InChI is InChI=1S/C27H38N4O2S2/c1-4-6-8-13-17-31-26(33)23(35-27(31)34)18-21-20(3)22(19-28)25(32)30(16-7-5-2)24(21)29-14-11-9-10-12-15-29/h18H,4-17H2,1-3H3/b23-18-. The summed E-state index contributed by atoms with van der Waals surface area (Å²) in [6.07, 6.45) is 12.5. The molecule has 0 spiro atoms. The van der Waals surface area contributed by atoms with Crippen molar-refractivity contribution >= 4 is 46.1 Å². The quantitative estimate of drug-likeness (QED) is 0.217. The van der Waals surface area contributed by atoms with Crippen molar-refractivity contribution in [2.24, 2.45) is 0 Å². The number of aromatic nitrogens is 1. The van der Waals surface area contributed by atoms with Crippen LogP contribution in [0, 0.1) is 18.3 Å². The Kier molecular flexibility index (Phi) is 10.4. The van der Waals surface area contributed by atoms with Crippen LogP contribution in [0.1, 0.15) is 94.7 Å². The van der Waals surface area contributed by atoms with Crippen molar-refractivity contribution in [3.63, 3.8) is 0 Å². The van der Waals surface area contributed by atoms with Crippen LogP contribution in [-0.2, 0) is 11.3 Å². The van der Waals surface area contributed by atoms with Crippen molar-refractivity contribution in [3.05, 3.63) is 31.9 Å². The van der Waals surface area contributed by atoms with Crippen molar-refractivity contribution in [1.82, 2.24) is 9.47 Å². The molecule has 1 aromatic rings. The van der Waals surface area contributed by atoms with Crippen molar-refractivity contribution < 1.29 is 4.79 Å². The summed E-state index contributed by atoms with van der Waals surface area (Å²) in [5.41, 5.74) is 1.41. The molecule has 0 atom stereocenters. The summed E-state index contributed by atoms with van der Waals surface area (Å²) < 4.78 is 2.38. The Hall–Kier alpha value is -2.11. The van der Waals surface area contributed by atoms with E-state index in [-0.39, 0.29) is 17.0 Å². The molecule has 0 aliphatic carbocycles. The number of nitriles is 1. The van der Waals surface area contributed by atoms with Gasteiger partial charge in [0.15, 0.2) is 0 Å². The van der Waals surface area contributed by atoms with E-state index in [1.807, 2.05) is 13.0 Å². The van der Waals surface area contributed by atoms with E-state index in [1.54, 1.807) is 9.47 Å². The number of carbonyl (C=O) groups is 1. The average molecular weight is 515 g/mol. The number of anilines is 1. The van der Waals surface area contributed by atoms with Gasteiger partial charge in [-0.1, -0.05) is 76.4 Å². The van der Waals surface area contributed by atoms with Crippen LogP contribution in [0.15, 0.2) is 9.70 Å². The van der Waals surface area contributed by atoms with Crippen molar-refractivity contribution in [3.8, 4) is 6.07 Å². The Labute approximate surface area is 219 Å². The van der Waals surface area contributed by atoms with Gasteiger partial charge in [-0.05, 0) is 44.2 Å². The molecule has 35 heavy (non-hydrogen) atoms. The maximum absolute atomic E-state index is 13.4. The second kappa shape index (κ2) is 13.3. The van der Waals surface area contributed by atoms with E-state index in [0.29, 0.717) is 27.9 Å². The predicted molar refractivity (Wildman–Crippen MR) is 150 cm³/mol. The maximum Gasteiger partial charge on any atom is 0.270 e. The fraction of sp³-hybridized carbons (Fsp3) is 0.630. The van der Waals surface area contributed by atoms with E-state index >= 15 is 0 Å². The Morgan fingerprint density at radius 1 is 1.00 bits per heavy atom. The summed E-state index contributed by atoms with van der Waals surface area (Å²) in [7, 11) is 0. The second-order valence-corrected chi connectivity index (χ2v) is 11.1. The lowest BCUT2D eigenvalue weighted by Crippen LogP contribution is -2.35. The minimum absolute atomic E-state index is 0.0671. The summed E-state index contributed by atoms with van der Waals surface area (Å²) in [5.74, 6) is 0.789. The number of thiocarbonyl (C=S) groups is 1. The van der Waals surface area contributed by atoms with E-state index in [9.17, 15) is 14.9 Å². The Balaban J connectivity index is 2.10. The van der Waals surface area contributed by atoms with Crippen LogP contribution in [0.3, 0.4) is 0 Å². The van der Waals surface area contributed by atoms with Gasteiger partial charge >= 0.3 is 0 Å². The van der Waals surface area contributed by atoms with Crippen molar-refractivity contribution in [2.75, 3.05) is 24.5 Å². The minimum atomic E-state index is -0.224. The zero-order chi connectivity index (χ0) is 25.4. The molecule has 0 bridgehead atoms. The van der Waals surface area contributed by atoms with Gasteiger partial charge in [-0.2, -0.15) is 5.26 Å². The highest BCUT2D eigenvalue weighted by molar-refractivity contribution is 8.26. The zero-order valence-electron chi connectivity index (χ0n) is 21.4. The lowest BCUT2D eigenvalue weighted by atomic mass is 10.0. The number of amides is 1. The number of hydrogen-bond acceptors (Lipinski definition) is 6. The highest BCUT2D eigenvalue weighted by Crippen LogP contribution is 2.36. The summed E-state index contributed by atoms with van der Waals surface area (Å²) in [4.78, 5) is 31.3. The molecule has 1 amide bonds. The van der Waals surface area contributed by atoms with E-state index in [1.165, 1.54) is 24.6 Å². The number of thioether (sulfide) groups is 1. The molecular formula is C27H38N4O2S2. The van der Waals surface area contributed by atoms with Crippen molar-refractivity contribution in [2.45, 2.75) is 91.5 Å². The minimum Gasteiger partial charge on any atom is -0.357 e. The Bertz CT molecular complexity index is 1060. The monoisotopic (exact) mass is 514 g/mol. The Morgan fingerprint density at radius 3 is 2.31 bits per heavy atom. The Morgan fingerprint density at radius 2 is 1.69 bits per heavy atom. The summed E-state index contributed by atoms with van der Waals surface area (Å²) in [6, 6.07) is 2.15. The molecule has 2 saturated heterocycles. The first-order valence-electron chi connectivity index (χ1n) is 13.1. The lowest BCUT2D eigenvalue weighted by Gasteiger charge is -2.29. The molecule has 2 aliphatic heterocycles. The first-order valence-corrected chi connectivity index (χ1v) is 14.3. The normalized spacial score (nSPS) is 17.8. The summed E-state index contributed by atoms with van der Waals surface area (Å²) in [5, 5.41) is 9.86. The van der Waals surface area contributed by atoms with Gasteiger partial charge in [-0.3, -0.25) is 19.1 Å². The van der Waals surface area contributed by atoms with Gasteiger partial charge in [0.2, 0.25) is 0 Å². The molecule has 6 nitrogen and oxygen atoms in total. The van der Waals surface area contributed by atoms with Crippen LogP contribution in [0.4, 0.5) is 5.82 Å². The molecule has 0 saturated carbocycles. The first kappa shape index (κ1) is 27.5. The largest absolute Gasteiger partial charge is 0.357 e. The van der Waals surface area contributed by atoms with Gasteiger partial charge in [0.25, 0.3) is 11.5 Å². The van der Waals surface area contributed by atoms with E-state index < -0.39 is 0 Å². The molecule has 3 heterocycles. The number of pyridine rings is 1. The predicted octanol–water partition coefficient (Wildman–Crippen LogP) is 5.99. The molecule has 3 rings (SSSR count). The smallest absolute Gasteiger partial charge is 0.270 e. The van der Waals surface area contributed by atoms with Gasteiger partial charge in [-0.25, -0.2) is 0 Å². The van der Waals surface area contributed by atoms with Crippen LogP contribution in [0.5, 0.6) is 0 Å². The van der Waals surface area contributed by atoms with E-state index in [4.69, 9.17) is 12.2 Å². The molecule has 0 unspecified atom stereocenters. The fourth-order valence-corrected chi connectivity index (χ4v) is 6.10. The molecule has 190 valence electrons. The highest BCUT2D eigenvalue weighted by atomic mass is 32.2. The van der Waals surface area contributed by atoms with Gasteiger partial charge in [0, 0.05) is 31.7 Å². The molecule has 2 fully saturated rings. The second-order valence-electron chi connectivity index (χ2n) is 9.45. The molecule has 0 aromatic carbocycles. The van der Waals surface area contributed by atoms with Crippen LogP contribution in [0.2, 0.25) is 0 Å². The average Bonchev–Trinajstić information content (AvgIpc) is 3.02. The molecule has 0 radical (unpaired) electrons. The maximum atomic E-state index is 13.4. The van der Waals surface area contributed by atoms with Crippen LogP contribution < -0.4 is 10.5 Å². The van der Waals surface area contributed by atoms with Gasteiger partial charge in [0.1, 0.15) is 21.8 Å². The number of unbranched alkanes of at least 4 members (excludes halogenated alkanes) is 4. The van der Waals surface area contributed by atoms with Crippen LogP contribution in [-0.4, -0.2) is 39.3 Å². The first-order chi connectivity index (χ1) is 16.9. The molecule has 0 N–H and O–H groups in total. The lowest BCUT2D eigenvalue weighted by molar-refractivity contribution is -0.122. The topological polar surface area (TPSA) is 69.3 Å². The molecule has 2 aliphatic rings. The van der Waals surface area contributed by atoms with E-state index in [2.05, 4.69) is 24.8 Å². The highest BCUT2D eigenvalue weighted by Gasteiger charge is 2.33. The number of carbonyl (C=O) groups excluding carboxylic acids is 1. The van der Waals surface area contributed by atoms with E-state index in [0.717, 1.165) is 75.8 Å². The van der Waals surface area contributed by atoms with Crippen molar-refractivity contribution in [1.29, 1.82) is 5.26 Å². The summed E-state index contributed by atoms with van der Waals surface area (Å²) in [6.45, 7) is 9.05. The van der Waals surface area contributed by atoms with Crippen LogP contribution in [0.25, 0.3) is 6.08 Å². The molecular weight excluding hydrogens is 476 g/mol. The SMILES string of the molecule is CCCCCCN1C(=O)/C(=C/c2c(C)c(C#N)c(=O)n(CCCC)c2N2CCCCCC2)SC1=S. The zero-order valence-corrected chi connectivity index (χ0v) is 23.0. The van der Waals surface area contributed by atoms with Gasteiger partial charge < -0.3 is 4.90 Å².